The largest absolute Gasteiger partial charge is 0.493 e. The van der Waals surface area contributed by atoms with E-state index in [0.717, 1.165) is 22.4 Å². The Morgan fingerprint density at radius 3 is 2.30 bits per heavy atom. The second-order valence-electron chi connectivity index (χ2n) is 5.21. The number of hydrogen-bond acceptors (Lipinski definition) is 5. The van der Waals surface area contributed by atoms with Crippen LogP contribution < -0.4 is 9.46 Å². The van der Waals surface area contributed by atoms with Crippen LogP contribution in [0.4, 0.5) is 0 Å². The number of sulfonamides is 1. The summed E-state index contributed by atoms with van der Waals surface area (Å²) in [7, 11) is -3.55. The molecule has 1 heterocycles. The van der Waals surface area contributed by atoms with Gasteiger partial charge in [-0.3, -0.25) is 0 Å². The monoisotopic (exact) mass is 335 g/mol. The fraction of sp³-hybridized carbons (Fsp3) is 0.375. The highest BCUT2D eigenvalue weighted by molar-refractivity contribution is 7.89. The summed E-state index contributed by atoms with van der Waals surface area (Å²) in [6.07, 6.45) is 5.33. The van der Waals surface area contributed by atoms with Gasteiger partial charge in [-0.05, 0) is 56.0 Å². The van der Waals surface area contributed by atoms with Crippen LogP contribution in [0.3, 0.4) is 0 Å². The smallest absolute Gasteiger partial charge is 0.240 e. The van der Waals surface area contributed by atoms with Crippen molar-refractivity contribution < 1.29 is 13.2 Å². The van der Waals surface area contributed by atoms with Gasteiger partial charge in [0.15, 0.2) is 0 Å². The van der Waals surface area contributed by atoms with Crippen molar-refractivity contribution in [2.24, 2.45) is 0 Å². The Morgan fingerprint density at radius 2 is 1.74 bits per heavy atom. The average molecular weight is 335 g/mol. The maximum Gasteiger partial charge on any atom is 0.240 e. The molecule has 2 aromatic rings. The Hall–Kier alpha value is -1.99. The summed E-state index contributed by atoms with van der Waals surface area (Å²) in [5, 5.41) is 0. The Kier molecular flexibility index (Phi) is 5.68. The zero-order chi connectivity index (χ0) is 16.9. The van der Waals surface area contributed by atoms with Crippen LogP contribution in [0.15, 0.2) is 35.7 Å². The van der Waals surface area contributed by atoms with Crippen LogP contribution in [0.1, 0.15) is 23.6 Å². The van der Waals surface area contributed by atoms with Gasteiger partial charge >= 0.3 is 0 Å². The number of nitrogens with zero attached hydrogens (tertiary/aromatic N) is 2. The molecule has 0 bridgehead atoms. The van der Waals surface area contributed by atoms with Crippen molar-refractivity contribution in [3.05, 3.63) is 47.5 Å². The molecule has 0 radical (unpaired) electrons. The van der Waals surface area contributed by atoms with Crippen molar-refractivity contribution in [1.29, 1.82) is 0 Å². The minimum Gasteiger partial charge on any atom is -0.493 e. The molecule has 0 atom stereocenters. The summed E-state index contributed by atoms with van der Waals surface area (Å²) >= 11 is 0. The van der Waals surface area contributed by atoms with Gasteiger partial charge in [-0.15, -0.1) is 0 Å². The van der Waals surface area contributed by atoms with Crippen molar-refractivity contribution >= 4 is 10.0 Å². The molecule has 2 rings (SSSR count). The van der Waals surface area contributed by atoms with Gasteiger partial charge in [0.05, 0.1) is 11.5 Å². The highest BCUT2D eigenvalue weighted by atomic mass is 32.2. The molecule has 1 N–H and O–H groups in total. The SMILES string of the molecule is CCOc1c(C)cc(S(=O)(=O)NCCc2cncnc2)cc1C. The zero-order valence-corrected chi connectivity index (χ0v) is 14.4. The number of nitrogens with one attached hydrogen (secondary N) is 1. The quantitative estimate of drug-likeness (QED) is 0.837. The lowest BCUT2D eigenvalue weighted by Gasteiger charge is -2.13. The standard InChI is InChI=1S/C16H21N3O3S/c1-4-22-16-12(2)7-15(8-13(16)3)23(20,21)19-6-5-14-9-17-11-18-10-14/h7-11,19H,4-6H2,1-3H3. The van der Waals surface area contributed by atoms with E-state index in [9.17, 15) is 8.42 Å². The van der Waals surface area contributed by atoms with Crippen LogP contribution in [-0.2, 0) is 16.4 Å². The molecule has 1 aromatic heterocycles. The predicted molar refractivity (Wildman–Crippen MR) is 88.0 cm³/mol. The number of hydrogen-bond donors (Lipinski definition) is 1. The van der Waals surface area contributed by atoms with E-state index >= 15 is 0 Å². The fourth-order valence-electron chi connectivity index (χ4n) is 2.31. The Bertz CT molecular complexity index is 738. The molecule has 0 fully saturated rings. The van der Waals surface area contributed by atoms with Gasteiger partial charge in [0.1, 0.15) is 12.1 Å². The first kappa shape index (κ1) is 17.4. The molecule has 0 amide bonds. The van der Waals surface area contributed by atoms with Crippen LogP contribution in [0, 0.1) is 13.8 Å². The molecule has 0 spiro atoms. The van der Waals surface area contributed by atoms with E-state index in [0.29, 0.717) is 19.6 Å². The highest BCUT2D eigenvalue weighted by Crippen LogP contribution is 2.26. The van der Waals surface area contributed by atoms with E-state index in [4.69, 9.17) is 4.74 Å². The summed E-state index contributed by atoms with van der Waals surface area (Å²) in [6.45, 7) is 6.43. The molecule has 0 aliphatic carbocycles. The molecule has 6 nitrogen and oxygen atoms in total. The summed E-state index contributed by atoms with van der Waals surface area (Å²) in [5.41, 5.74) is 2.50. The van der Waals surface area contributed by atoms with E-state index in [1.807, 2.05) is 20.8 Å². The minimum absolute atomic E-state index is 0.250. The predicted octanol–water partition coefficient (Wildman–Crippen LogP) is 2.01. The van der Waals surface area contributed by atoms with Gasteiger partial charge in [-0.25, -0.2) is 23.1 Å². The number of rotatable bonds is 7. The van der Waals surface area contributed by atoms with Crippen molar-refractivity contribution in [3.8, 4) is 5.75 Å². The average Bonchev–Trinajstić information content (AvgIpc) is 2.51. The summed E-state index contributed by atoms with van der Waals surface area (Å²) < 4.78 is 33.0. The number of aryl methyl sites for hydroxylation is 2. The molecule has 0 saturated heterocycles. The van der Waals surface area contributed by atoms with E-state index < -0.39 is 10.0 Å². The Morgan fingerprint density at radius 1 is 1.13 bits per heavy atom. The van der Waals surface area contributed by atoms with Crippen molar-refractivity contribution in [3.63, 3.8) is 0 Å². The van der Waals surface area contributed by atoms with Gasteiger partial charge in [0.2, 0.25) is 10.0 Å². The normalized spacial score (nSPS) is 11.4. The summed E-state index contributed by atoms with van der Waals surface area (Å²) in [5.74, 6) is 0.743. The molecule has 0 aliphatic heterocycles. The van der Waals surface area contributed by atoms with Gasteiger partial charge in [-0.2, -0.15) is 0 Å². The Labute approximate surface area is 137 Å². The van der Waals surface area contributed by atoms with Crippen LogP contribution in [0.2, 0.25) is 0 Å². The van der Waals surface area contributed by atoms with Crippen LogP contribution in [0.25, 0.3) is 0 Å². The highest BCUT2D eigenvalue weighted by Gasteiger charge is 2.17. The second kappa shape index (κ2) is 7.52. The Balaban J connectivity index is 2.10. The molecular weight excluding hydrogens is 314 g/mol. The molecule has 1 aromatic carbocycles. The fourth-order valence-corrected chi connectivity index (χ4v) is 3.51. The van der Waals surface area contributed by atoms with Gasteiger partial charge in [0.25, 0.3) is 0 Å². The third-order valence-electron chi connectivity index (χ3n) is 3.35. The van der Waals surface area contributed by atoms with Gasteiger partial charge < -0.3 is 4.74 Å². The maximum absolute atomic E-state index is 12.4. The molecule has 7 heteroatoms. The summed E-state index contributed by atoms with van der Waals surface area (Å²) in [6, 6.07) is 3.26. The molecule has 0 unspecified atom stereocenters. The molecular formula is C16H21N3O3S. The van der Waals surface area contributed by atoms with Gasteiger partial charge in [0, 0.05) is 18.9 Å². The van der Waals surface area contributed by atoms with E-state index in [1.165, 1.54) is 6.33 Å². The second-order valence-corrected chi connectivity index (χ2v) is 6.98. The maximum atomic E-state index is 12.4. The number of ether oxygens (including phenoxy) is 1. The zero-order valence-electron chi connectivity index (χ0n) is 13.5. The van der Waals surface area contributed by atoms with Crippen molar-refractivity contribution in [1.82, 2.24) is 14.7 Å². The minimum atomic E-state index is -3.55. The lowest BCUT2D eigenvalue weighted by atomic mass is 10.1. The third-order valence-corrected chi connectivity index (χ3v) is 4.79. The first-order valence-electron chi connectivity index (χ1n) is 7.41. The van der Waals surface area contributed by atoms with E-state index in [1.54, 1.807) is 24.5 Å². The van der Waals surface area contributed by atoms with Crippen LogP contribution in [0.5, 0.6) is 5.75 Å². The van der Waals surface area contributed by atoms with Crippen molar-refractivity contribution in [2.75, 3.05) is 13.2 Å². The lowest BCUT2D eigenvalue weighted by Crippen LogP contribution is -2.26. The molecule has 0 aliphatic rings. The molecule has 23 heavy (non-hydrogen) atoms. The molecule has 124 valence electrons. The van der Waals surface area contributed by atoms with Crippen LogP contribution in [-0.4, -0.2) is 31.5 Å². The van der Waals surface area contributed by atoms with Gasteiger partial charge in [-0.1, -0.05) is 0 Å². The van der Waals surface area contributed by atoms with Crippen molar-refractivity contribution in [2.45, 2.75) is 32.1 Å². The number of aromatic nitrogens is 2. The first-order chi connectivity index (χ1) is 10.9. The lowest BCUT2D eigenvalue weighted by molar-refractivity contribution is 0.335. The van der Waals surface area contributed by atoms with E-state index in [-0.39, 0.29) is 4.90 Å². The molecule has 0 saturated carbocycles. The topological polar surface area (TPSA) is 81.2 Å². The van der Waals surface area contributed by atoms with Crippen LogP contribution >= 0.6 is 0 Å². The third kappa shape index (κ3) is 4.49. The first-order valence-corrected chi connectivity index (χ1v) is 8.90. The van der Waals surface area contributed by atoms with E-state index in [2.05, 4.69) is 14.7 Å². The summed E-state index contributed by atoms with van der Waals surface area (Å²) in [4.78, 5) is 8.06. The number of benzene rings is 1.